The molecule has 1 nitrogen and oxygen atoms in total. The Bertz CT molecular complexity index is 220. The third kappa shape index (κ3) is 4.84. The van der Waals surface area contributed by atoms with Crippen molar-refractivity contribution in [3.8, 4) is 0 Å². The SMILES string of the molecule is C=C(F)C(=C)N(CCF)CC(F)(F)F. The third-order valence-electron chi connectivity index (χ3n) is 1.42. The fourth-order valence-corrected chi connectivity index (χ4v) is 0.799. The van der Waals surface area contributed by atoms with Crippen molar-refractivity contribution in [3.63, 3.8) is 0 Å². The lowest BCUT2D eigenvalue weighted by Gasteiger charge is -2.25. The van der Waals surface area contributed by atoms with Crippen LogP contribution in [0.25, 0.3) is 0 Å². The number of hydrogen-bond acceptors (Lipinski definition) is 1. The van der Waals surface area contributed by atoms with E-state index in [9.17, 15) is 22.0 Å². The summed E-state index contributed by atoms with van der Waals surface area (Å²) < 4.78 is 59.9. The van der Waals surface area contributed by atoms with E-state index in [2.05, 4.69) is 13.2 Å². The lowest BCUT2D eigenvalue weighted by molar-refractivity contribution is -0.141. The van der Waals surface area contributed by atoms with E-state index in [-0.39, 0.29) is 0 Å². The molecule has 0 aliphatic rings. The molecule has 0 saturated carbocycles. The van der Waals surface area contributed by atoms with Crippen LogP contribution < -0.4 is 0 Å². The molecule has 0 aromatic rings. The molecule has 0 rings (SSSR count). The summed E-state index contributed by atoms with van der Waals surface area (Å²) in [6, 6.07) is 0. The fourth-order valence-electron chi connectivity index (χ4n) is 0.799. The van der Waals surface area contributed by atoms with Crippen molar-refractivity contribution in [1.82, 2.24) is 4.90 Å². The Labute approximate surface area is 78.5 Å². The van der Waals surface area contributed by atoms with E-state index in [1.807, 2.05) is 0 Å². The van der Waals surface area contributed by atoms with Crippen LogP contribution >= 0.6 is 0 Å². The Morgan fingerprint density at radius 3 is 2.00 bits per heavy atom. The maximum atomic E-state index is 12.4. The van der Waals surface area contributed by atoms with Crippen LogP contribution in [0.5, 0.6) is 0 Å². The van der Waals surface area contributed by atoms with Crippen molar-refractivity contribution in [2.75, 3.05) is 19.8 Å². The van der Waals surface area contributed by atoms with Crippen LogP contribution in [0.4, 0.5) is 22.0 Å². The second-order valence-electron chi connectivity index (χ2n) is 2.58. The number of halogens is 5. The summed E-state index contributed by atoms with van der Waals surface area (Å²) in [5.41, 5.74) is -0.542. The average molecular weight is 215 g/mol. The second-order valence-corrected chi connectivity index (χ2v) is 2.58. The van der Waals surface area contributed by atoms with Crippen LogP contribution in [-0.4, -0.2) is 30.8 Å². The predicted molar refractivity (Wildman–Crippen MR) is 43.0 cm³/mol. The fraction of sp³-hybridized carbons (Fsp3) is 0.500. The molecule has 14 heavy (non-hydrogen) atoms. The van der Waals surface area contributed by atoms with Crippen LogP contribution in [0.1, 0.15) is 0 Å². The highest BCUT2D eigenvalue weighted by molar-refractivity contribution is 5.17. The summed E-state index contributed by atoms with van der Waals surface area (Å²) in [5, 5.41) is 0. The first-order valence-electron chi connectivity index (χ1n) is 3.69. The lowest BCUT2D eigenvalue weighted by Crippen LogP contribution is -2.35. The zero-order valence-corrected chi connectivity index (χ0v) is 7.37. The zero-order valence-electron chi connectivity index (χ0n) is 7.37. The van der Waals surface area contributed by atoms with Crippen molar-refractivity contribution in [3.05, 3.63) is 24.7 Å². The summed E-state index contributed by atoms with van der Waals surface area (Å²) in [6.45, 7) is 2.83. The van der Waals surface area contributed by atoms with Gasteiger partial charge in [-0.2, -0.15) is 13.2 Å². The van der Waals surface area contributed by atoms with Gasteiger partial charge in [-0.3, -0.25) is 0 Å². The Morgan fingerprint density at radius 2 is 1.71 bits per heavy atom. The quantitative estimate of drug-likeness (QED) is 0.503. The van der Waals surface area contributed by atoms with Crippen molar-refractivity contribution in [2.24, 2.45) is 0 Å². The van der Waals surface area contributed by atoms with E-state index >= 15 is 0 Å². The molecule has 82 valence electrons. The summed E-state index contributed by atoms with van der Waals surface area (Å²) in [4.78, 5) is 0.461. The van der Waals surface area contributed by atoms with Gasteiger partial charge < -0.3 is 4.90 Å². The largest absolute Gasteiger partial charge is 0.405 e. The summed E-state index contributed by atoms with van der Waals surface area (Å²) in [7, 11) is 0. The maximum Gasteiger partial charge on any atom is 0.405 e. The van der Waals surface area contributed by atoms with Gasteiger partial charge in [0.2, 0.25) is 0 Å². The molecule has 0 aromatic carbocycles. The molecule has 0 unspecified atom stereocenters. The molecular formula is C8H10F5N. The predicted octanol–water partition coefficient (Wildman–Crippen LogP) is 2.82. The molecule has 0 aliphatic carbocycles. The summed E-state index contributed by atoms with van der Waals surface area (Å²) in [6.07, 6.45) is -4.52. The number of alkyl halides is 4. The maximum absolute atomic E-state index is 12.4. The van der Waals surface area contributed by atoms with Gasteiger partial charge in [-0.15, -0.1) is 0 Å². The van der Waals surface area contributed by atoms with Gasteiger partial charge in [-0.05, 0) is 0 Å². The molecule has 0 radical (unpaired) electrons. The van der Waals surface area contributed by atoms with Gasteiger partial charge in [-0.1, -0.05) is 13.2 Å². The molecule has 6 heteroatoms. The minimum Gasteiger partial charge on any atom is -0.358 e. The van der Waals surface area contributed by atoms with Crippen molar-refractivity contribution >= 4 is 0 Å². The molecule has 0 saturated heterocycles. The van der Waals surface area contributed by atoms with Gasteiger partial charge in [0.1, 0.15) is 19.0 Å². The molecule has 0 bridgehead atoms. The lowest BCUT2D eigenvalue weighted by atomic mass is 10.3. The standard InChI is InChI=1S/C8H10F5N/c1-6(10)7(2)14(4-3-9)5-8(11,12)13/h1-5H2. The smallest absolute Gasteiger partial charge is 0.358 e. The minimum atomic E-state index is -4.52. The second kappa shape index (κ2) is 4.97. The van der Waals surface area contributed by atoms with Crippen LogP contribution in [0.3, 0.4) is 0 Å². The molecular weight excluding hydrogens is 205 g/mol. The van der Waals surface area contributed by atoms with Gasteiger partial charge >= 0.3 is 6.18 Å². The molecule has 0 spiro atoms. The first-order chi connectivity index (χ1) is 6.28. The van der Waals surface area contributed by atoms with Gasteiger partial charge in [0.05, 0.1) is 5.70 Å². The van der Waals surface area contributed by atoms with E-state index in [0.29, 0.717) is 4.90 Å². The Morgan fingerprint density at radius 1 is 1.21 bits per heavy atom. The van der Waals surface area contributed by atoms with Gasteiger partial charge in [0.25, 0.3) is 0 Å². The van der Waals surface area contributed by atoms with Crippen molar-refractivity contribution in [2.45, 2.75) is 6.18 Å². The van der Waals surface area contributed by atoms with E-state index in [0.717, 1.165) is 0 Å². The van der Waals surface area contributed by atoms with Crippen LogP contribution in [0, 0.1) is 0 Å². The highest BCUT2D eigenvalue weighted by Gasteiger charge is 2.31. The van der Waals surface area contributed by atoms with Crippen LogP contribution in [-0.2, 0) is 0 Å². The average Bonchev–Trinajstić information content (AvgIpc) is 1.99. The summed E-state index contributed by atoms with van der Waals surface area (Å²) >= 11 is 0. The molecule has 0 aliphatic heterocycles. The third-order valence-corrected chi connectivity index (χ3v) is 1.42. The highest BCUT2D eigenvalue weighted by Crippen LogP contribution is 2.21. The number of allylic oxidation sites excluding steroid dienone is 1. The number of hydrogen-bond donors (Lipinski definition) is 0. The number of nitrogens with zero attached hydrogens (tertiary/aromatic N) is 1. The van der Waals surface area contributed by atoms with Crippen LogP contribution in [0.15, 0.2) is 24.7 Å². The monoisotopic (exact) mass is 215 g/mol. The molecule has 0 heterocycles. The number of rotatable bonds is 5. The molecule has 0 fully saturated rings. The highest BCUT2D eigenvalue weighted by atomic mass is 19.4. The first kappa shape index (κ1) is 12.9. The van der Waals surface area contributed by atoms with E-state index < -0.39 is 37.5 Å². The van der Waals surface area contributed by atoms with E-state index in [1.54, 1.807) is 0 Å². The zero-order chi connectivity index (χ0) is 11.4. The summed E-state index contributed by atoms with van der Waals surface area (Å²) in [5.74, 6) is -1.09. The van der Waals surface area contributed by atoms with Crippen LogP contribution in [0.2, 0.25) is 0 Å². The Hall–Kier alpha value is -1.07. The normalized spacial score (nSPS) is 11.2. The molecule has 0 N–H and O–H groups in total. The van der Waals surface area contributed by atoms with Crippen molar-refractivity contribution < 1.29 is 22.0 Å². The Balaban J connectivity index is 4.44. The van der Waals surface area contributed by atoms with Gasteiger partial charge in [-0.25, -0.2) is 8.78 Å². The van der Waals surface area contributed by atoms with E-state index in [4.69, 9.17) is 0 Å². The van der Waals surface area contributed by atoms with Gasteiger partial charge in [0, 0.05) is 6.54 Å². The Kier molecular flexibility index (Phi) is 4.59. The molecule has 0 aromatic heterocycles. The van der Waals surface area contributed by atoms with Gasteiger partial charge in [0.15, 0.2) is 0 Å². The first-order valence-corrected chi connectivity index (χ1v) is 3.69. The molecule has 0 amide bonds. The van der Waals surface area contributed by atoms with Crippen molar-refractivity contribution in [1.29, 1.82) is 0 Å². The molecule has 0 atom stereocenters. The topological polar surface area (TPSA) is 3.24 Å². The van der Waals surface area contributed by atoms with E-state index in [1.165, 1.54) is 0 Å². The minimum absolute atomic E-state index is 0.461.